The van der Waals surface area contributed by atoms with Crippen molar-refractivity contribution >= 4 is 56.5 Å². The van der Waals surface area contributed by atoms with E-state index in [-0.39, 0.29) is 0 Å². The van der Waals surface area contributed by atoms with Crippen LogP contribution in [0, 0.1) is 0 Å². The Bertz CT molecular complexity index is 1320. The van der Waals surface area contributed by atoms with Crippen molar-refractivity contribution in [1.29, 1.82) is 0 Å². The van der Waals surface area contributed by atoms with Crippen molar-refractivity contribution in [2.75, 3.05) is 0 Å². The van der Waals surface area contributed by atoms with Gasteiger partial charge in [-0.2, -0.15) is 0 Å². The molecule has 5 aromatic rings. The second-order valence-corrected chi connectivity index (χ2v) is 8.58. The highest BCUT2D eigenvalue weighted by Gasteiger charge is 2.19. The third kappa shape index (κ3) is 3.49. The summed E-state index contributed by atoms with van der Waals surface area (Å²) in [6.45, 7) is 0. The van der Waals surface area contributed by atoms with E-state index >= 15 is 0 Å². The Morgan fingerprint density at radius 2 is 1.93 bits per heavy atom. The Morgan fingerprint density at radius 1 is 1.00 bits per heavy atom. The van der Waals surface area contributed by atoms with Gasteiger partial charge >= 0.3 is 0 Å². The SMILES string of the molecule is Clc1ccc(-n2c(Sc3ncnc4ccsc34)nnc2-c2cccnc2)cc1Cl. The molecule has 0 aliphatic heterocycles. The minimum atomic E-state index is 0.452. The number of rotatable bonds is 4. The molecule has 0 fully saturated rings. The van der Waals surface area contributed by atoms with E-state index in [0.717, 1.165) is 26.5 Å². The number of hydrogen-bond donors (Lipinski definition) is 0. The van der Waals surface area contributed by atoms with Crippen LogP contribution in [0.1, 0.15) is 0 Å². The quantitative estimate of drug-likeness (QED) is 0.318. The number of thiophene rings is 1. The van der Waals surface area contributed by atoms with Crippen molar-refractivity contribution in [3.63, 3.8) is 0 Å². The predicted octanol–water partition coefficient (Wildman–Crippen LogP) is 5.79. The molecule has 0 aliphatic rings. The number of pyridine rings is 1. The van der Waals surface area contributed by atoms with Crippen molar-refractivity contribution in [1.82, 2.24) is 29.7 Å². The zero-order valence-electron chi connectivity index (χ0n) is 14.5. The summed E-state index contributed by atoms with van der Waals surface area (Å²) >= 11 is 15.4. The summed E-state index contributed by atoms with van der Waals surface area (Å²) in [5, 5.41) is 13.2. The van der Waals surface area contributed by atoms with E-state index in [1.165, 1.54) is 11.8 Å². The van der Waals surface area contributed by atoms with Crippen molar-refractivity contribution in [2.45, 2.75) is 10.2 Å². The van der Waals surface area contributed by atoms with Crippen molar-refractivity contribution in [2.24, 2.45) is 0 Å². The normalized spacial score (nSPS) is 11.2. The average molecular weight is 457 g/mol. The lowest BCUT2D eigenvalue weighted by Crippen LogP contribution is -2.00. The fourth-order valence-electron chi connectivity index (χ4n) is 2.80. The molecule has 10 heteroatoms. The number of fused-ring (bicyclic) bond motifs is 1. The molecule has 0 bridgehead atoms. The van der Waals surface area contributed by atoms with E-state index in [4.69, 9.17) is 23.2 Å². The van der Waals surface area contributed by atoms with Gasteiger partial charge < -0.3 is 0 Å². The summed E-state index contributed by atoms with van der Waals surface area (Å²) in [4.78, 5) is 12.9. The van der Waals surface area contributed by atoms with Crippen LogP contribution in [0.5, 0.6) is 0 Å². The fraction of sp³-hybridized carbons (Fsp3) is 0. The summed E-state index contributed by atoms with van der Waals surface area (Å²) in [6, 6.07) is 11.2. The molecule has 142 valence electrons. The fourth-order valence-corrected chi connectivity index (χ4v) is 4.93. The Morgan fingerprint density at radius 3 is 2.76 bits per heavy atom. The first-order valence-corrected chi connectivity index (χ1v) is 10.8. The second-order valence-electron chi connectivity index (χ2n) is 5.90. The molecule has 0 aliphatic carbocycles. The van der Waals surface area contributed by atoms with Crippen LogP contribution < -0.4 is 0 Å². The van der Waals surface area contributed by atoms with Gasteiger partial charge in [0.2, 0.25) is 5.16 Å². The minimum Gasteiger partial charge on any atom is -0.270 e. The van der Waals surface area contributed by atoms with E-state index in [1.54, 1.807) is 42.2 Å². The topological polar surface area (TPSA) is 69.4 Å². The van der Waals surface area contributed by atoms with Crippen LogP contribution in [0.15, 0.2) is 70.7 Å². The van der Waals surface area contributed by atoms with Gasteiger partial charge in [0.1, 0.15) is 11.4 Å². The molecule has 0 atom stereocenters. The standard InChI is InChI=1S/C19H10Cl2N6S2/c20-13-4-3-12(8-14(13)21)27-17(11-2-1-6-22-9-11)25-26-19(27)29-18-16-15(5-7-28-16)23-10-24-18/h1-10H. The molecular weight excluding hydrogens is 447 g/mol. The van der Waals surface area contributed by atoms with Crippen LogP contribution in [0.4, 0.5) is 0 Å². The molecular formula is C19H10Cl2N6S2. The highest BCUT2D eigenvalue weighted by molar-refractivity contribution is 7.99. The van der Waals surface area contributed by atoms with E-state index in [1.807, 2.05) is 34.2 Å². The molecule has 4 heterocycles. The number of benzene rings is 1. The summed E-state index contributed by atoms with van der Waals surface area (Å²) < 4.78 is 2.93. The number of hydrogen-bond acceptors (Lipinski definition) is 7. The molecule has 0 unspecified atom stereocenters. The Hall–Kier alpha value is -2.52. The van der Waals surface area contributed by atoms with Gasteiger partial charge in [-0.3, -0.25) is 9.55 Å². The molecule has 5 rings (SSSR count). The Labute approximate surface area is 183 Å². The van der Waals surface area contributed by atoms with Gasteiger partial charge in [-0.15, -0.1) is 21.5 Å². The first-order chi connectivity index (χ1) is 14.2. The lowest BCUT2D eigenvalue weighted by atomic mass is 10.2. The molecule has 0 spiro atoms. The smallest absolute Gasteiger partial charge is 0.202 e. The third-order valence-electron chi connectivity index (χ3n) is 4.11. The average Bonchev–Trinajstić information content (AvgIpc) is 3.38. The van der Waals surface area contributed by atoms with Crippen LogP contribution in [0.3, 0.4) is 0 Å². The zero-order chi connectivity index (χ0) is 19.8. The Balaban J connectivity index is 1.68. The van der Waals surface area contributed by atoms with E-state index in [9.17, 15) is 0 Å². The maximum Gasteiger partial charge on any atom is 0.202 e. The van der Waals surface area contributed by atoms with Gasteiger partial charge in [0.05, 0.1) is 25.9 Å². The van der Waals surface area contributed by atoms with Crippen molar-refractivity contribution in [3.05, 3.63) is 70.5 Å². The maximum absolute atomic E-state index is 6.28. The molecule has 0 N–H and O–H groups in total. The van der Waals surface area contributed by atoms with Crippen LogP contribution in [-0.4, -0.2) is 29.7 Å². The van der Waals surface area contributed by atoms with Crippen molar-refractivity contribution < 1.29 is 0 Å². The summed E-state index contributed by atoms with van der Waals surface area (Å²) in [5.41, 5.74) is 2.53. The van der Waals surface area contributed by atoms with Gasteiger partial charge in [0.15, 0.2) is 5.82 Å². The summed E-state index contributed by atoms with van der Waals surface area (Å²) in [6.07, 6.45) is 5.02. The van der Waals surface area contributed by atoms with E-state index < -0.39 is 0 Å². The van der Waals surface area contributed by atoms with Gasteiger partial charge in [-0.05, 0) is 53.5 Å². The first-order valence-electron chi connectivity index (χ1n) is 8.38. The molecule has 6 nitrogen and oxygen atoms in total. The second kappa shape index (κ2) is 7.72. The van der Waals surface area contributed by atoms with Crippen LogP contribution >= 0.6 is 46.3 Å². The first kappa shape index (κ1) is 18.5. The number of nitrogens with zero attached hydrogens (tertiary/aromatic N) is 6. The van der Waals surface area contributed by atoms with Crippen molar-refractivity contribution in [3.8, 4) is 17.1 Å². The van der Waals surface area contributed by atoms with Crippen LogP contribution in [0.25, 0.3) is 27.3 Å². The molecule has 0 amide bonds. The number of halogens is 2. The maximum atomic E-state index is 6.28. The molecule has 29 heavy (non-hydrogen) atoms. The van der Waals surface area contributed by atoms with E-state index in [0.29, 0.717) is 21.0 Å². The third-order valence-corrected chi connectivity index (χ3v) is 6.84. The monoisotopic (exact) mass is 456 g/mol. The summed E-state index contributed by atoms with van der Waals surface area (Å²) in [7, 11) is 0. The van der Waals surface area contributed by atoms with Gasteiger partial charge in [-0.25, -0.2) is 9.97 Å². The highest BCUT2D eigenvalue weighted by atomic mass is 35.5. The molecule has 0 radical (unpaired) electrons. The molecule has 0 saturated carbocycles. The van der Waals surface area contributed by atoms with Gasteiger partial charge in [-0.1, -0.05) is 23.2 Å². The molecule has 0 saturated heterocycles. The molecule has 4 aromatic heterocycles. The van der Waals surface area contributed by atoms with Crippen LogP contribution in [-0.2, 0) is 0 Å². The number of aromatic nitrogens is 6. The van der Waals surface area contributed by atoms with Gasteiger partial charge in [0.25, 0.3) is 0 Å². The lowest BCUT2D eigenvalue weighted by molar-refractivity contribution is 0.883. The molecule has 1 aromatic carbocycles. The highest BCUT2D eigenvalue weighted by Crippen LogP contribution is 2.36. The largest absolute Gasteiger partial charge is 0.270 e. The predicted molar refractivity (Wildman–Crippen MR) is 116 cm³/mol. The Kier molecular flexibility index (Phi) is 4.92. The zero-order valence-corrected chi connectivity index (χ0v) is 17.7. The van der Waals surface area contributed by atoms with E-state index in [2.05, 4.69) is 25.1 Å². The van der Waals surface area contributed by atoms with Crippen LogP contribution in [0.2, 0.25) is 10.0 Å². The summed E-state index contributed by atoms with van der Waals surface area (Å²) in [5.74, 6) is 0.649. The lowest BCUT2D eigenvalue weighted by Gasteiger charge is -2.11. The van der Waals surface area contributed by atoms with Gasteiger partial charge in [0, 0.05) is 18.0 Å². The minimum absolute atomic E-state index is 0.452.